The van der Waals surface area contributed by atoms with E-state index in [1.807, 2.05) is 0 Å². The van der Waals surface area contributed by atoms with E-state index in [0.717, 1.165) is 0 Å². The zero-order valence-corrected chi connectivity index (χ0v) is 27.9. The maximum atomic E-state index is 14.4. The third-order valence-electron chi connectivity index (χ3n) is 12.6. The van der Waals surface area contributed by atoms with E-state index < -0.39 is 88.0 Å². The van der Waals surface area contributed by atoms with Crippen LogP contribution in [0.25, 0.3) is 0 Å². The molecule has 4 aliphatic rings. The van der Waals surface area contributed by atoms with E-state index in [-0.39, 0.29) is 25.0 Å². The number of rotatable bonds is 7. The number of carbonyl (C=O) groups excluding carboxylic acids is 2. The lowest BCUT2D eigenvalue weighted by atomic mass is 9.42. The third-order valence-corrected chi connectivity index (χ3v) is 12.6. The monoisotopic (exact) mass is 665 g/mol. The summed E-state index contributed by atoms with van der Waals surface area (Å²) < 4.78 is 5.64. The average Bonchev–Trinajstić information content (AvgIpc) is 3.07. The first kappa shape index (κ1) is 34.8. The minimum Gasteiger partial charge on any atom is -0.392 e. The second kappa shape index (κ2) is 12.1. The highest BCUT2D eigenvalue weighted by atomic mass is 17.1. The molecule has 2 aromatic carbocycles. The van der Waals surface area contributed by atoms with Crippen LogP contribution >= 0.6 is 0 Å². The molecule has 11 heteroatoms. The molecule has 3 fully saturated rings. The third kappa shape index (κ3) is 4.85. The van der Waals surface area contributed by atoms with Crippen LogP contribution in [0.4, 0.5) is 0 Å². The smallest absolute Gasteiger partial charge is 0.251 e. The van der Waals surface area contributed by atoms with E-state index in [9.17, 15) is 40.4 Å². The molecule has 260 valence electrons. The van der Waals surface area contributed by atoms with Crippen LogP contribution in [0.5, 0.6) is 0 Å². The fourth-order valence-electron chi connectivity index (χ4n) is 9.83. The number of hydrogen-bond acceptors (Lipinski definition) is 10. The second-order valence-corrected chi connectivity index (χ2v) is 15.1. The van der Waals surface area contributed by atoms with Crippen molar-refractivity contribution in [1.82, 2.24) is 5.32 Å². The summed E-state index contributed by atoms with van der Waals surface area (Å²) in [4.78, 5) is 32.9. The van der Waals surface area contributed by atoms with Crippen molar-refractivity contribution in [3.8, 4) is 0 Å². The lowest BCUT2D eigenvalue weighted by Gasteiger charge is -2.67. The van der Waals surface area contributed by atoms with Gasteiger partial charge in [-0.15, -0.1) is 0 Å². The molecular formula is C37H47NO10. The Morgan fingerprint density at radius 3 is 2.19 bits per heavy atom. The number of Topliss-reactive ketones (excluding diaryl/α,β-unsaturated/α-hetero) is 1. The van der Waals surface area contributed by atoms with Crippen LogP contribution in [0.2, 0.25) is 0 Å². The number of amides is 1. The SMILES string of the molecule is CC1=C2C(O)C(=O)[C@]3(C)C(O)CC4OCC4(O)C3C(C)C(O)(CC1[C@H](OO)C(O)C(NC(=O)c1ccccc1)c1ccccc1)C2(C)C. The van der Waals surface area contributed by atoms with Gasteiger partial charge in [-0.05, 0) is 49.5 Å². The van der Waals surface area contributed by atoms with E-state index in [0.29, 0.717) is 16.7 Å². The quantitative estimate of drug-likeness (QED) is 0.132. The van der Waals surface area contributed by atoms with Crippen LogP contribution in [0.15, 0.2) is 71.8 Å². The van der Waals surface area contributed by atoms with Crippen molar-refractivity contribution in [2.24, 2.45) is 28.6 Å². The lowest BCUT2D eigenvalue weighted by molar-refractivity contribution is -0.339. The van der Waals surface area contributed by atoms with E-state index in [1.54, 1.807) is 95.3 Å². The molecule has 12 atom stereocenters. The second-order valence-electron chi connectivity index (χ2n) is 15.1. The van der Waals surface area contributed by atoms with Crippen molar-refractivity contribution >= 4 is 11.7 Å². The minimum atomic E-state index is -1.79. The van der Waals surface area contributed by atoms with Gasteiger partial charge in [0, 0.05) is 29.2 Å². The Bertz CT molecular complexity index is 1580. The van der Waals surface area contributed by atoms with Gasteiger partial charge in [0.25, 0.3) is 5.91 Å². The van der Waals surface area contributed by atoms with Crippen molar-refractivity contribution in [3.63, 3.8) is 0 Å². The normalized spacial score (nSPS) is 39.1. The zero-order chi connectivity index (χ0) is 35.0. The largest absolute Gasteiger partial charge is 0.392 e. The van der Waals surface area contributed by atoms with Gasteiger partial charge in [0.1, 0.15) is 23.9 Å². The fourth-order valence-corrected chi connectivity index (χ4v) is 9.83. The summed E-state index contributed by atoms with van der Waals surface area (Å²) in [5.41, 5.74) is -4.68. The van der Waals surface area contributed by atoms with Crippen LogP contribution in [-0.4, -0.2) is 90.8 Å². The molecule has 0 aromatic heterocycles. The number of aliphatic hydroxyl groups is 5. The molecule has 1 amide bonds. The highest BCUT2D eigenvalue weighted by molar-refractivity contribution is 5.94. The number of aliphatic hydroxyl groups excluding tert-OH is 3. The summed E-state index contributed by atoms with van der Waals surface area (Å²) in [5.74, 6) is -4.00. The van der Waals surface area contributed by atoms with Gasteiger partial charge in [-0.1, -0.05) is 74.9 Å². The molecule has 6 rings (SSSR count). The van der Waals surface area contributed by atoms with Gasteiger partial charge in [-0.2, -0.15) is 0 Å². The fraction of sp³-hybridized carbons (Fsp3) is 0.568. The van der Waals surface area contributed by atoms with Crippen molar-refractivity contribution in [2.75, 3.05) is 6.61 Å². The van der Waals surface area contributed by atoms with E-state index in [4.69, 9.17) is 9.62 Å². The van der Waals surface area contributed by atoms with Crippen LogP contribution in [0.1, 0.15) is 69.4 Å². The van der Waals surface area contributed by atoms with Crippen LogP contribution < -0.4 is 5.32 Å². The Morgan fingerprint density at radius 1 is 1.02 bits per heavy atom. The van der Waals surface area contributed by atoms with Crippen molar-refractivity contribution in [1.29, 1.82) is 0 Å². The molecule has 48 heavy (non-hydrogen) atoms. The summed E-state index contributed by atoms with van der Waals surface area (Å²) >= 11 is 0. The van der Waals surface area contributed by atoms with Crippen molar-refractivity contribution in [3.05, 3.63) is 82.9 Å². The Hall–Kier alpha value is -3.00. The summed E-state index contributed by atoms with van der Waals surface area (Å²) in [6.45, 7) is 8.31. The highest BCUT2D eigenvalue weighted by Crippen LogP contribution is 2.65. The molecular weight excluding hydrogens is 618 g/mol. The number of nitrogens with one attached hydrogen (secondary N) is 1. The molecule has 2 saturated carbocycles. The maximum absolute atomic E-state index is 14.4. The van der Waals surface area contributed by atoms with Gasteiger partial charge in [-0.3, -0.25) is 14.8 Å². The molecule has 0 radical (unpaired) electrons. The molecule has 2 bridgehead atoms. The van der Waals surface area contributed by atoms with Crippen molar-refractivity contribution < 1.29 is 50.0 Å². The minimum absolute atomic E-state index is 0.000644. The van der Waals surface area contributed by atoms with E-state index in [2.05, 4.69) is 5.32 Å². The maximum Gasteiger partial charge on any atom is 0.251 e. The molecule has 10 unspecified atom stereocenters. The van der Waals surface area contributed by atoms with Crippen LogP contribution in [0, 0.1) is 28.6 Å². The Morgan fingerprint density at radius 2 is 1.62 bits per heavy atom. The number of ether oxygens (including phenoxy) is 1. The summed E-state index contributed by atoms with van der Waals surface area (Å²) in [6.07, 6.45) is -6.95. The highest BCUT2D eigenvalue weighted by Gasteiger charge is 2.74. The first-order valence-electron chi connectivity index (χ1n) is 16.6. The van der Waals surface area contributed by atoms with Gasteiger partial charge < -0.3 is 35.6 Å². The van der Waals surface area contributed by atoms with Gasteiger partial charge in [0.05, 0.1) is 35.9 Å². The molecule has 11 nitrogen and oxygen atoms in total. The topological polar surface area (TPSA) is 186 Å². The van der Waals surface area contributed by atoms with Gasteiger partial charge in [-0.25, -0.2) is 4.89 Å². The van der Waals surface area contributed by atoms with E-state index in [1.165, 1.54) is 0 Å². The number of hydrogen-bond donors (Lipinski definition) is 7. The lowest BCUT2D eigenvalue weighted by Crippen LogP contribution is -2.78. The first-order valence-corrected chi connectivity index (χ1v) is 16.6. The summed E-state index contributed by atoms with van der Waals surface area (Å²) in [5, 5.41) is 73.7. The Kier molecular flexibility index (Phi) is 8.78. The van der Waals surface area contributed by atoms with Crippen LogP contribution in [-0.2, 0) is 14.4 Å². The number of fused-ring (bicyclic) bond motifs is 5. The van der Waals surface area contributed by atoms with Crippen LogP contribution in [0.3, 0.4) is 0 Å². The molecule has 1 saturated heterocycles. The summed E-state index contributed by atoms with van der Waals surface area (Å²) in [6, 6.07) is 16.1. The van der Waals surface area contributed by atoms with E-state index >= 15 is 0 Å². The molecule has 0 spiro atoms. The average molecular weight is 666 g/mol. The molecule has 2 aromatic rings. The standard InChI is InChI=1S/C37H47NO10/c1-19-23(30(48-46)29(41)27(21-12-8-6-9-13-21)38-33(43)22-14-10-7-11-15-22)17-37(45)20(2)31-35(5,24(39)16-25-36(31,44)18-47-25)32(42)28(40)26(19)34(37,3)4/h6-15,20,23-25,27-31,39-41,44-46H,16-18H2,1-5H3,(H,38,43)/t20?,23?,24?,25?,27?,28?,29?,30-,31?,35+,36?,37?/m0/s1. The van der Waals surface area contributed by atoms with Gasteiger partial charge in [0.15, 0.2) is 5.78 Å². The molecule has 1 aliphatic heterocycles. The molecule has 7 N–H and O–H groups in total. The number of ketones is 1. The zero-order valence-electron chi connectivity index (χ0n) is 27.9. The summed E-state index contributed by atoms with van der Waals surface area (Å²) in [7, 11) is 0. The first-order chi connectivity index (χ1) is 22.6. The van der Waals surface area contributed by atoms with Gasteiger partial charge >= 0.3 is 0 Å². The molecule has 1 heterocycles. The predicted molar refractivity (Wildman–Crippen MR) is 173 cm³/mol. The number of carbonyl (C=O) groups is 2. The van der Waals surface area contributed by atoms with Gasteiger partial charge in [0.2, 0.25) is 0 Å². The Labute approximate surface area is 280 Å². The van der Waals surface area contributed by atoms with Crippen molar-refractivity contribution in [2.45, 2.75) is 95.2 Å². The molecule has 3 aliphatic carbocycles. The predicted octanol–water partition coefficient (Wildman–Crippen LogP) is 2.57. The Balaban J connectivity index is 1.46. The number of benzene rings is 2.